The molecule has 0 aliphatic carbocycles. The van der Waals surface area contributed by atoms with E-state index in [0.29, 0.717) is 4.88 Å². The fourth-order valence-corrected chi connectivity index (χ4v) is 2.48. The fourth-order valence-electron chi connectivity index (χ4n) is 1.51. The summed E-state index contributed by atoms with van der Waals surface area (Å²) in [6.45, 7) is 3.47. The fraction of sp³-hybridized carbons (Fsp3) is 0.417. The Morgan fingerprint density at radius 3 is 2.68 bits per heavy atom. The topological polar surface area (TPSA) is 98.5 Å². The first-order chi connectivity index (χ1) is 8.93. The Kier molecular flexibility index (Phi) is 5.50. The molecule has 0 fully saturated rings. The zero-order chi connectivity index (χ0) is 14.4. The van der Waals surface area contributed by atoms with Crippen LogP contribution in [-0.4, -0.2) is 24.5 Å². The smallest absolute Gasteiger partial charge is 0.348 e. The standard InChI is InChI=1S/C12H16N2O4S/c1-3-4-8-5-9(19-7(8)2)11(16)18-6-10(15)14-12(13)17/h5H,3-4,6H2,1-2H3,(H3,13,14,15,17). The number of rotatable bonds is 5. The molecule has 0 aliphatic heterocycles. The summed E-state index contributed by atoms with van der Waals surface area (Å²) in [7, 11) is 0. The van der Waals surface area contributed by atoms with Crippen LogP contribution >= 0.6 is 11.3 Å². The number of aryl methyl sites for hydroxylation is 2. The van der Waals surface area contributed by atoms with Crippen molar-refractivity contribution in [3.8, 4) is 0 Å². The zero-order valence-electron chi connectivity index (χ0n) is 10.8. The van der Waals surface area contributed by atoms with Gasteiger partial charge in [-0.2, -0.15) is 0 Å². The van der Waals surface area contributed by atoms with Crippen molar-refractivity contribution in [2.75, 3.05) is 6.61 Å². The summed E-state index contributed by atoms with van der Waals surface area (Å²) in [5.41, 5.74) is 5.87. The van der Waals surface area contributed by atoms with Crippen LogP contribution in [0.1, 0.15) is 33.5 Å². The van der Waals surface area contributed by atoms with E-state index in [9.17, 15) is 14.4 Å². The van der Waals surface area contributed by atoms with Gasteiger partial charge in [0.05, 0.1) is 0 Å². The van der Waals surface area contributed by atoms with E-state index in [2.05, 4.69) is 6.92 Å². The number of esters is 1. The summed E-state index contributed by atoms with van der Waals surface area (Å²) in [6, 6.07) is 0.802. The lowest BCUT2D eigenvalue weighted by Gasteiger charge is -2.02. The van der Waals surface area contributed by atoms with E-state index >= 15 is 0 Å². The highest BCUT2D eigenvalue weighted by atomic mass is 32.1. The van der Waals surface area contributed by atoms with Gasteiger partial charge in [0.25, 0.3) is 5.91 Å². The van der Waals surface area contributed by atoms with Crippen molar-refractivity contribution in [1.82, 2.24) is 5.32 Å². The molecule has 0 aliphatic rings. The predicted octanol–water partition coefficient (Wildman–Crippen LogP) is 1.36. The van der Waals surface area contributed by atoms with Gasteiger partial charge in [0, 0.05) is 4.88 Å². The van der Waals surface area contributed by atoms with Gasteiger partial charge in [-0.05, 0) is 25.0 Å². The van der Waals surface area contributed by atoms with Gasteiger partial charge in [-0.15, -0.1) is 11.3 Å². The molecular weight excluding hydrogens is 268 g/mol. The number of hydrogen-bond acceptors (Lipinski definition) is 5. The predicted molar refractivity (Wildman–Crippen MR) is 71.1 cm³/mol. The third-order valence-electron chi connectivity index (χ3n) is 2.34. The molecule has 1 rings (SSSR count). The number of ether oxygens (including phenoxy) is 1. The maximum absolute atomic E-state index is 11.7. The number of carbonyl (C=O) groups excluding carboxylic acids is 3. The number of nitrogens with two attached hydrogens (primary N) is 1. The van der Waals surface area contributed by atoms with Crippen LogP contribution in [0.4, 0.5) is 4.79 Å². The van der Waals surface area contributed by atoms with Gasteiger partial charge in [0.1, 0.15) is 4.88 Å². The number of carbonyl (C=O) groups is 3. The molecule has 0 aromatic carbocycles. The van der Waals surface area contributed by atoms with E-state index < -0.39 is 24.5 Å². The number of urea groups is 1. The lowest BCUT2D eigenvalue weighted by Crippen LogP contribution is -2.37. The summed E-state index contributed by atoms with van der Waals surface area (Å²) in [6.07, 6.45) is 1.89. The highest BCUT2D eigenvalue weighted by Crippen LogP contribution is 2.23. The van der Waals surface area contributed by atoms with E-state index in [4.69, 9.17) is 10.5 Å². The number of thiophene rings is 1. The molecule has 0 saturated carbocycles. The average molecular weight is 284 g/mol. The lowest BCUT2D eigenvalue weighted by molar-refractivity contribution is -0.123. The minimum Gasteiger partial charge on any atom is -0.451 e. The van der Waals surface area contributed by atoms with Gasteiger partial charge < -0.3 is 10.5 Å². The third-order valence-corrected chi connectivity index (χ3v) is 3.41. The van der Waals surface area contributed by atoms with E-state index in [1.54, 1.807) is 6.07 Å². The van der Waals surface area contributed by atoms with Crippen molar-refractivity contribution in [2.24, 2.45) is 5.73 Å². The SMILES string of the molecule is CCCc1cc(C(=O)OCC(=O)NC(N)=O)sc1C. The highest BCUT2D eigenvalue weighted by molar-refractivity contribution is 7.14. The first-order valence-corrected chi connectivity index (χ1v) is 6.61. The van der Waals surface area contributed by atoms with Crippen molar-refractivity contribution in [3.05, 3.63) is 21.4 Å². The van der Waals surface area contributed by atoms with Gasteiger partial charge in [-0.3, -0.25) is 10.1 Å². The molecule has 19 heavy (non-hydrogen) atoms. The highest BCUT2D eigenvalue weighted by Gasteiger charge is 2.15. The monoisotopic (exact) mass is 284 g/mol. The molecular formula is C12H16N2O4S. The molecule has 1 aromatic rings. The molecule has 0 atom stereocenters. The lowest BCUT2D eigenvalue weighted by atomic mass is 10.1. The molecule has 1 heterocycles. The first-order valence-electron chi connectivity index (χ1n) is 5.79. The summed E-state index contributed by atoms with van der Waals surface area (Å²) in [4.78, 5) is 34.7. The number of imide groups is 1. The number of nitrogens with one attached hydrogen (secondary N) is 1. The summed E-state index contributed by atoms with van der Waals surface area (Å²) < 4.78 is 4.79. The minimum absolute atomic E-state index is 0.452. The third kappa shape index (κ3) is 4.70. The molecule has 0 bridgehead atoms. The van der Waals surface area contributed by atoms with Crippen molar-refractivity contribution >= 4 is 29.2 Å². The van der Waals surface area contributed by atoms with Gasteiger partial charge >= 0.3 is 12.0 Å². The zero-order valence-corrected chi connectivity index (χ0v) is 11.6. The van der Waals surface area contributed by atoms with Crippen LogP contribution in [-0.2, 0) is 16.0 Å². The number of hydrogen-bond donors (Lipinski definition) is 2. The Labute approximate surface area is 114 Å². The van der Waals surface area contributed by atoms with Gasteiger partial charge in [0.15, 0.2) is 6.61 Å². The number of primary amides is 1. The molecule has 0 spiro atoms. The van der Waals surface area contributed by atoms with E-state index in [-0.39, 0.29) is 0 Å². The Balaban J connectivity index is 2.56. The quantitative estimate of drug-likeness (QED) is 0.797. The average Bonchev–Trinajstić information content (AvgIpc) is 2.68. The van der Waals surface area contributed by atoms with Gasteiger partial charge in [-0.1, -0.05) is 13.3 Å². The Hall–Kier alpha value is -1.89. The van der Waals surface area contributed by atoms with E-state index in [1.807, 2.05) is 12.2 Å². The van der Waals surface area contributed by atoms with Crippen LogP contribution in [0.5, 0.6) is 0 Å². The Morgan fingerprint density at radius 1 is 1.42 bits per heavy atom. The number of amides is 3. The Bertz CT molecular complexity index is 496. The minimum atomic E-state index is -0.974. The molecule has 7 heteroatoms. The second kappa shape index (κ2) is 6.89. The van der Waals surface area contributed by atoms with Crippen molar-refractivity contribution < 1.29 is 19.1 Å². The molecule has 0 radical (unpaired) electrons. The second-order valence-corrected chi connectivity index (χ2v) is 5.19. The molecule has 104 valence electrons. The van der Waals surface area contributed by atoms with Crippen LogP contribution in [0.2, 0.25) is 0 Å². The maximum Gasteiger partial charge on any atom is 0.348 e. The van der Waals surface area contributed by atoms with Crippen LogP contribution in [0.3, 0.4) is 0 Å². The summed E-state index contributed by atoms with van der Waals surface area (Å²) in [5, 5.41) is 1.81. The largest absolute Gasteiger partial charge is 0.451 e. The summed E-state index contributed by atoms with van der Waals surface area (Å²) in [5.74, 6) is -1.32. The molecule has 3 amide bonds. The van der Waals surface area contributed by atoms with E-state index in [0.717, 1.165) is 23.3 Å². The normalized spacial score (nSPS) is 10.0. The van der Waals surface area contributed by atoms with Crippen molar-refractivity contribution in [1.29, 1.82) is 0 Å². The van der Waals surface area contributed by atoms with Crippen LogP contribution in [0.15, 0.2) is 6.07 Å². The van der Waals surface area contributed by atoms with E-state index in [1.165, 1.54) is 11.3 Å². The molecule has 6 nitrogen and oxygen atoms in total. The molecule has 1 aromatic heterocycles. The van der Waals surface area contributed by atoms with Crippen LogP contribution in [0.25, 0.3) is 0 Å². The van der Waals surface area contributed by atoms with Gasteiger partial charge in [0.2, 0.25) is 0 Å². The Morgan fingerprint density at radius 2 is 2.11 bits per heavy atom. The summed E-state index contributed by atoms with van der Waals surface area (Å²) >= 11 is 1.33. The van der Waals surface area contributed by atoms with Crippen molar-refractivity contribution in [2.45, 2.75) is 26.7 Å². The molecule has 0 saturated heterocycles. The van der Waals surface area contributed by atoms with Crippen LogP contribution < -0.4 is 11.1 Å². The second-order valence-electron chi connectivity index (χ2n) is 3.93. The molecule has 0 unspecified atom stereocenters. The van der Waals surface area contributed by atoms with Crippen molar-refractivity contribution in [3.63, 3.8) is 0 Å². The molecule has 3 N–H and O–H groups in total. The van der Waals surface area contributed by atoms with Gasteiger partial charge in [-0.25, -0.2) is 9.59 Å². The first kappa shape index (κ1) is 15.2. The maximum atomic E-state index is 11.7. The van der Waals surface area contributed by atoms with Crippen LogP contribution in [0, 0.1) is 6.92 Å².